The third-order valence-electron chi connectivity index (χ3n) is 5.76. The molecule has 1 fully saturated rings. The van der Waals surface area contributed by atoms with Crippen LogP contribution in [0.2, 0.25) is 0 Å². The molecule has 4 heterocycles. The Hall–Kier alpha value is -3.24. The molecule has 5 rings (SSSR count). The lowest BCUT2D eigenvalue weighted by Gasteiger charge is -2.40. The number of fused-ring (bicyclic) bond motifs is 1. The molecule has 1 aromatic carbocycles. The van der Waals surface area contributed by atoms with Gasteiger partial charge < -0.3 is 9.15 Å². The summed E-state index contributed by atoms with van der Waals surface area (Å²) in [6.45, 7) is 1.48. The normalized spacial score (nSPS) is 17.2. The van der Waals surface area contributed by atoms with Crippen molar-refractivity contribution < 1.29 is 26.7 Å². The Morgan fingerprint density at radius 3 is 2.67 bits per heavy atom. The number of methoxy groups -OCH3 is 1. The number of nitrogens with one attached hydrogen (secondary N) is 2. The number of ether oxygens (including phenoxy) is 1. The van der Waals surface area contributed by atoms with Gasteiger partial charge in [0.25, 0.3) is 0 Å². The van der Waals surface area contributed by atoms with Crippen LogP contribution < -0.4 is 9.46 Å². The lowest BCUT2D eigenvalue weighted by atomic mass is 10.0. The fourth-order valence-corrected chi connectivity index (χ4v) is 5.83. The van der Waals surface area contributed by atoms with Crippen molar-refractivity contribution >= 4 is 37.2 Å². The van der Waals surface area contributed by atoms with Gasteiger partial charge in [-0.3, -0.25) is 23.8 Å². The molecule has 1 saturated heterocycles. The van der Waals surface area contributed by atoms with Crippen LogP contribution >= 0.6 is 10.6 Å². The standard InChI is InChI=1S/C21H25N7O6S2/c1-33-21-18(27-35(2,29)30)9-14(10-22-21)13-7-15(16-11-23-24-17(16)8-13)20-26-25-19(34-20)12-28-3-5-36(31,32)6-4-28/h7-11,27,31-32H,3-6,12H2,1-2H3,(H,23,24). The van der Waals surface area contributed by atoms with E-state index in [2.05, 4.69) is 30.1 Å². The van der Waals surface area contributed by atoms with Crippen molar-refractivity contribution in [1.82, 2.24) is 30.3 Å². The average Bonchev–Trinajstić information content (AvgIpc) is 3.48. The lowest BCUT2D eigenvalue weighted by Crippen LogP contribution is -2.37. The van der Waals surface area contributed by atoms with Crippen molar-refractivity contribution in [2.75, 3.05) is 42.7 Å². The van der Waals surface area contributed by atoms with Crippen LogP contribution in [0, 0.1) is 0 Å². The van der Waals surface area contributed by atoms with Gasteiger partial charge in [0.1, 0.15) is 5.69 Å². The zero-order valence-corrected chi connectivity index (χ0v) is 21.1. The minimum Gasteiger partial charge on any atom is -0.480 e. The molecule has 36 heavy (non-hydrogen) atoms. The first kappa shape index (κ1) is 24.5. The smallest absolute Gasteiger partial charge is 0.248 e. The van der Waals surface area contributed by atoms with Gasteiger partial charge in [-0.05, 0) is 23.8 Å². The van der Waals surface area contributed by atoms with Crippen LogP contribution in [-0.2, 0) is 16.6 Å². The third kappa shape index (κ3) is 5.29. The van der Waals surface area contributed by atoms with E-state index in [9.17, 15) is 17.5 Å². The monoisotopic (exact) mass is 535 g/mol. The summed E-state index contributed by atoms with van der Waals surface area (Å²) in [6, 6.07) is 5.34. The zero-order chi connectivity index (χ0) is 25.5. The Balaban J connectivity index is 1.48. The van der Waals surface area contributed by atoms with Crippen LogP contribution in [0.5, 0.6) is 5.88 Å². The van der Waals surface area contributed by atoms with Crippen molar-refractivity contribution in [2.24, 2.45) is 0 Å². The first-order chi connectivity index (χ1) is 17.1. The van der Waals surface area contributed by atoms with E-state index in [1.54, 1.807) is 18.5 Å². The molecule has 0 saturated carbocycles. The second-order valence-electron chi connectivity index (χ2n) is 8.50. The van der Waals surface area contributed by atoms with Crippen molar-refractivity contribution in [3.8, 4) is 28.5 Å². The first-order valence-electron chi connectivity index (χ1n) is 10.9. The number of pyridine rings is 1. The van der Waals surface area contributed by atoms with Crippen LogP contribution in [0.4, 0.5) is 5.69 Å². The molecule has 1 aliphatic rings. The van der Waals surface area contributed by atoms with Gasteiger partial charge >= 0.3 is 0 Å². The molecular weight excluding hydrogens is 510 g/mol. The Bertz CT molecular complexity index is 1510. The van der Waals surface area contributed by atoms with E-state index in [1.807, 2.05) is 17.0 Å². The molecular formula is C21H25N7O6S2. The summed E-state index contributed by atoms with van der Waals surface area (Å²) < 4.78 is 56.8. The molecule has 0 aliphatic carbocycles. The second-order valence-corrected chi connectivity index (χ2v) is 12.7. The fourth-order valence-electron chi connectivity index (χ4n) is 3.98. The molecule has 13 nitrogen and oxygen atoms in total. The maximum absolute atomic E-state index is 11.8. The molecule has 0 radical (unpaired) electrons. The highest BCUT2D eigenvalue weighted by molar-refractivity contribution is 8.24. The van der Waals surface area contributed by atoms with E-state index < -0.39 is 20.6 Å². The highest BCUT2D eigenvalue weighted by Crippen LogP contribution is 2.40. The van der Waals surface area contributed by atoms with E-state index in [0.29, 0.717) is 54.0 Å². The summed E-state index contributed by atoms with van der Waals surface area (Å²) in [5, 5.41) is 16.3. The van der Waals surface area contributed by atoms with Crippen LogP contribution in [-0.4, -0.2) is 85.8 Å². The van der Waals surface area contributed by atoms with Crippen LogP contribution in [0.1, 0.15) is 5.89 Å². The Labute approximate surface area is 208 Å². The molecule has 4 N–H and O–H groups in total. The summed E-state index contributed by atoms with van der Waals surface area (Å²) in [5.41, 5.74) is 2.93. The predicted octanol–water partition coefficient (Wildman–Crippen LogP) is 2.62. The topological polar surface area (TPSA) is 180 Å². The van der Waals surface area contributed by atoms with E-state index in [1.165, 1.54) is 7.11 Å². The molecule has 3 aromatic heterocycles. The SMILES string of the molecule is COc1ncc(-c2cc(-c3nnc(CN4CCS(O)(O)CC4)o3)c3cn[nH]c3c2)cc1NS(C)(=O)=O. The number of aromatic amines is 1. The summed E-state index contributed by atoms with van der Waals surface area (Å²) in [6.07, 6.45) is 4.29. The Morgan fingerprint density at radius 2 is 1.94 bits per heavy atom. The van der Waals surface area contributed by atoms with Crippen molar-refractivity contribution in [3.05, 3.63) is 36.5 Å². The number of nitrogens with zero attached hydrogens (tertiary/aromatic N) is 5. The average molecular weight is 536 g/mol. The summed E-state index contributed by atoms with van der Waals surface area (Å²) in [7, 11) is -4.62. The number of rotatable bonds is 7. The number of benzene rings is 1. The molecule has 1 aliphatic heterocycles. The molecule has 0 spiro atoms. The molecule has 192 valence electrons. The number of sulfonamides is 1. The fraction of sp³-hybridized carbons (Fsp3) is 0.333. The van der Waals surface area contributed by atoms with Gasteiger partial charge in [0.2, 0.25) is 27.7 Å². The van der Waals surface area contributed by atoms with Crippen molar-refractivity contribution in [3.63, 3.8) is 0 Å². The highest BCUT2D eigenvalue weighted by atomic mass is 32.3. The minimum atomic E-state index is -3.55. The maximum atomic E-state index is 11.8. The number of hydrogen-bond donors (Lipinski definition) is 4. The van der Waals surface area contributed by atoms with Gasteiger partial charge in [0.15, 0.2) is 0 Å². The molecule has 4 aromatic rings. The molecule has 15 heteroatoms. The summed E-state index contributed by atoms with van der Waals surface area (Å²) in [4.78, 5) is 6.28. The van der Waals surface area contributed by atoms with Crippen LogP contribution in [0.15, 0.2) is 35.0 Å². The number of aromatic nitrogens is 5. The summed E-state index contributed by atoms with van der Waals surface area (Å²) in [5.74, 6) is 1.52. The van der Waals surface area contributed by atoms with Gasteiger partial charge in [0, 0.05) is 30.2 Å². The van der Waals surface area contributed by atoms with Gasteiger partial charge in [-0.2, -0.15) is 15.7 Å². The van der Waals surface area contributed by atoms with Crippen LogP contribution in [0.3, 0.4) is 0 Å². The molecule has 0 atom stereocenters. The minimum absolute atomic E-state index is 0.146. The zero-order valence-electron chi connectivity index (χ0n) is 19.5. The van der Waals surface area contributed by atoms with E-state index in [4.69, 9.17) is 9.15 Å². The van der Waals surface area contributed by atoms with Gasteiger partial charge in [0.05, 0.1) is 48.7 Å². The second kappa shape index (κ2) is 9.33. The van der Waals surface area contributed by atoms with E-state index >= 15 is 0 Å². The van der Waals surface area contributed by atoms with Gasteiger partial charge in [-0.1, -0.05) is 0 Å². The van der Waals surface area contributed by atoms with E-state index in [0.717, 1.165) is 22.7 Å². The predicted molar refractivity (Wildman–Crippen MR) is 135 cm³/mol. The molecule has 0 unspecified atom stereocenters. The Kier molecular flexibility index (Phi) is 6.34. The van der Waals surface area contributed by atoms with E-state index in [-0.39, 0.29) is 11.6 Å². The molecule has 0 bridgehead atoms. The number of H-pyrrole nitrogens is 1. The number of anilines is 1. The van der Waals surface area contributed by atoms with Crippen LogP contribution in [0.25, 0.3) is 33.5 Å². The van der Waals surface area contributed by atoms with Gasteiger partial charge in [-0.25, -0.2) is 13.4 Å². The van der Waals surface area contributed by atoms with Crippen molar-refractivity contribution in [2.45, 2.75) is 6.54 Å². The largest absolute Gasteiger partial charge is 0.480 e. The summed E-state index contributed by atoms with van der Waals surface area (Å²) >= 11 is 0. The maximum Gasteiger partial charge on any atom is 0.248 e. The first-order valence-corrected chi connectivity index (χ1v) is 14.7. The quantitative estimate of drug-likeness (QED) is 0.273. The number of hydrogen-bond acceptors (Lipinski definition) is 11. The lowest BCUT2D eigenvalue weighted by molar-refractivity contribution is 0.251. The Morgan fingerprint density at radius 1 is 1.17 bits per heavy atom. The highest BCUT2D eigenvalue weighted by Gasteiger charge is 2.24. The molecule has 0 amide bonds. The van der Waals surface area contributed by atoms with Crippen molar-refractivity contribution in [1.29, 1.82) is 0 Å². The third-order valence-corrected chi connectivity index (χ3v) is 8.02. The van der Waals surface area contributed by atoms with Gasteiger partial charge in [-0.15, -0.1) is 10.2 Å².